The number of rotatable bonds is 5. The van der Waals surface area contributed by atoms with Gasteiger partial charge in [-0.15, -0.1) is 0 Å². The van der Waals surface area contributed by atoms with Crippen molar-refractivity contribution in [2.24, 2.45) is 0 Å². The average molecular weight is 207 g/mol. The first kappa shape index (κ1) is 10.7. The second kappa shape index (κ2) is 3.97. The predicted molar refractivity (Wildman–Crippen MR) is 61.7 cm³/mol. The molecule has 3 heteroatoms. The Kier molecular flexibility index (Phi) is 2.83. The molecule has 1 aromatic rings. The zero-order valence-corrected chi connectivity index (χ0v) is 9.95. The van der Waals surface area contributed by atoms with Gasteiger partial charge in [-0.25, -0.2) is 0 Å². The first-order chi connectivity index (χ1) is 7.13. The summed E-state index contributed by atoms with van der Waals surface area (Å²) in [4.78, 5) is 0. The second-order valence-electron chi connectivity index (χ2n) is 4.96. The fraction of sp³-hybridized carbons (Fsp3) is 0.750. The summed E-state index contributed by atoms with van der Waals surface area (Å²) in [5.41, 5.74) is 1.56. The van der Waals surface area contributed by atoms with Crippen molar-refractivity contribution in [1.82, 2.24) is 15.1 Å². The Bertz CT molecular complexity index is 325. The Morgan fingerprint density at radius 3 is 2.93 bits per heavy atom. The average Bonchev–Trinajstić information content (AvgIpc) is 2.81. The van der Waals surface area contributed by atoms with E-state index in [1.807, 2.05) is 0 Å². The van der Waals surface area contributed by atoms with Gasteiger partial charge in [0.25, 0.3) is 0 Å². The van der Waals surface area contributed by atoms with E-state index in [9.17, 15) is 0 Å². The highest BCUT2D eigenvalue weighted by Crippen LogP contribution is 2.34. The van der Waals surface area contributed by atoms with Gasteiger partial charge in [0.15, 0.2) is 0 Å². The Balaban J connectivity index is 1.89. The highest BCUT2D eigenvalue weighted by Gasteiger charge is 2.36. The molecule has 0 aliphatic heterocycles. The summed E-state index contributed by atoms with van der Waals surface area (Å²) in [5, 5.41) is 8.11. The highest BCUT2D eigenvalue weighted by molar-refractivity contribution is 5.04. The Morgan fingerprint density at radius 1 is 1.60 bits per heavy atom. The zero-order chi connectivity index (χ0) is 10.9. The fourth-order valence-electron chi connectivity index (χ4n) is 1.57. The molecule has 1 unspecified atom stereocenters. The van der Waals surface area contributed by atoms with Gasteiger partial charge in [0, 0.05) is 24.3 Å². The molecule has 2 rings (SSSR count). The van der Waals surface area contributed by atoms with Crippen molar-refractivity contribution in [3.05, 3.63) is 18.0 Å². The third kappa shape index (κ3) is 2.59. The van der Waals surface area contributed by atoms with Crippen molar-refractivity contribution < 1.29 is 0 Å². The lowest BCUT2D eigenvalue weighted by Gasteiger charge is -2.10. The topological polar surface area (TPSA) is 29.9 Å². The molecule has 3 nitrogen and oxygen atoms in total. The minimum Gasteiger partial charge on any atom is -0.306 e. The lowest BCUT2D eigenvalue weighted by atomic mass is 10.3. The van der Waals surface area contributed by atoms with Crippen molar-refractivity contribution in [3.8, 4) is 0 Å². The third-order valence-electron chi connectivity index (χ3n) is 3.40. The van der Waals surface area contributed by atoms with Crippen LogP contribution in [-0.2, 0) is 6.54 Å². The Labute approximate surface area is 91.9 Å². The molecule has 15 heavy (non-hydrogen) atoms. The van der Waals surface area contributed by atoms with Gasteiger partial charge in [-0.3, -0.25) is 4.68 Å². The van der Waals surface area contributed by atoms with Crippen molar-refractivity contribution >= 4 is 0 Å². The van der Waals surface area contributed by atoms with E-state index in [2.05, 4.69) is 48.1 Å². The van der Waals surface area contributed by atoms with E-state index in [0.29, 0.717) is 11.6 Å². The van der Waals surface area contributed by atoms with Crippen LogP contribution < -0.4 is 5.32 Å². The van der Waals surface area contributed by atoms with E-state index in [1.165, 1.54) is 12.8 Å². The second-order valence-corrected chi connectivity index (χ2v) is 4.96. The van der Waals surface area contributed by atoms with E-state index in [4.69, 9.17) is 0 Å². The van der Waals surface area contributed by atoms with Crippen LogP contribution in [0.15, 0.2) is 12.3 Å². The van der Waals surface area contributed by atoms with Gasteiger partial charge in [0.05, 0.1) is 5.69 Å². The molecular formula is C12H21N3. The first-order valence-electron chi connectivity index (χ1n) is 5.92. The van der Waals surface area contributed by atoms with Crippen molar-refractivity contribution in [1.29, 1.82) is 0 Å². The van der Waals surface area contributed by atoms with Crippen LogP contribution in [0.2, 0.25) is 0 Å². The molecule has 0 saturated heterocycles. The van der Waals surface area contributed by atoms with E-state index < -0.39 is 0 Å². The van der Waals surface area contributed by atoms with E-state index in [1.54, 1.807) is 0 Å². The Hall–Kier alpha value is -0.830. The van der Waals surface area contributed by atoms with Gasteiger partial charge >= 0.3 is 0 Å². The molecule has 0 radical (unpaired) electrons. The number of nitrogens with one attached hydrogen (secondary N) is 1. The number of nitrogens with zero attached hydrogens (tertiary/aromatic N) is 2. The fourth-order valence-corrected chi connectivity index (χ4v) is 1.57. The molecule has 1 aromatic heterocycles. The monoisotopic (exact) mass is 207 g/mol. The molecule has 0 spiro atoms. The summed E-state index contributed by atoms with van der Waals surface area (Å²) in [6, 6.07) is 2.63. The molecule has 1 atom stereocenters. The standard InChI is InChI=1S/C12H21N3/c1-4-10(2)15-8-5-11(14-15)9-13-12(3)6-7-12/h5,8,10,13H,4,6-7,9H2,1-3H3. The SMILES string of the molecule is CCC(C)n1ccc(CNC2(C)CC2)n1. The smallest absolute Gasteiger partial charge is 0.0762 e. The van der Waals surface area contributed by atoms with Gasteiger partial charge in [-0.05, 0) is 39.2 Å². The molecule has 0 bridgehead atoms. The van der Waals surface area contributed by atoms with Crippen LogP contribution in [0.25, 0.3) is 0 Å². The largest absolute Gasteiger partial charge is 0.306 e. The summed E-state index contributed by atoms with van der Waals surface area (Å²) >= 11 is 0. The first-order valence-corrected chi connectivity index (χ1v) is 5.92. The van der Waals surface area contributed by atoms with Gasteiger partial charge in [0.1, 0.15) is 0 Å². The van der Waals surface area contributed by atoms with Crippen LogP contribution in [0.4, 0.5) is 0 Å². The van der Waals surface area contributed by atoms with Crippen LogP contribution in [0, 0.1) is 0 Å². The maximum Gasteiger partial charge on any atom is 0.0762 e. The molecule has 1 saturated carbocycles. The van der Waals surface area contributed by atoms with E-state index >= 15 is 0 Å². The van der Waals surface area contributed by atoms with Crippen LogP contribution >= 0.6 is 0 Å². The lowest BCUT2D eigenvalue weighted by molar-refractivity contribution is 0.465. The normalized spacial score (nSPS) is 20.2. The minimum atomic E-state index is 0.403. The van der Waals surface area contributed by atoms with E-state index in [0.717, 1.165) is 18.7 Å². The van der Waals surface area contributed by atoms with Crippen LogP contribution in [0.3, 0.4) is 0 Å². The van der Waals surface area contributed by atoms with Gasteiger partial charge in [-0.1, -0.05) is 6.92 Å². The maximum absolute atomic E-state index is 4.57. The summed E-state index contributed by atoms with van der Waals surface area (Å²) in [5.74, 6) is 0. The van der Waals surface area contributed by atoms with Crippen molar-refractivity contribution in [2.45, 2.75) is 58.2 Å². The van der Waals surface area contributed by atoms with Gasteiger partial charge < -0.3 is 5.32 Å². The summed E-state index contributed by atoms with van der Waals surface area (Å²) in [7, 11) is 0. The van der Waals surface area contributed by atoms with Crippen LogP contribution in [0.5, 0.6) is 0 Å². The maximum atomic E-state index is 4.57. The molecule has 1 N–H and O–H groups in total. The number of hydrogen-bond acceptors (Lipinski definition) is 2. The van der Waals surface area contributed by atoms with Crippen molar-refractivity contribution in [3.63, 3.8) is 0 Å². The molecule has 1 fully saturated rings. The molecule has 1 aliphatic rings. The van der Waals surface area contributed by atoms with E-state index in [-0.39, 0.29) is 0 Å². The Morgan fingerprint density at radius 2 is 2.33 bits per heavy atom. The number of hydrogen-bond donors (Lipinski definition) is 1. The molecule has 0 aromatic carbocycles. The molecule has 0 amide bonds. The summed E-state index contributed by atoms with van der Waals surface area (Å²) in [6.07, 6.45) is 5.82. The lowest BCUT2D eigenvalue weighted by Crippen LogP contribution is -2.27. The van der Waals surface area contributed by atoms with Crippen LogP contribution in [-0.4, -0.2) is 15.3 Å². The summed E-state index contributed by atoms with van der Waals surface area (Å²) < 4.78 is 2.06. The van der Waals surface area contributed by atoms with Gasteiger partial charge in [-0.2, -0.15) is 5.10 Å². The quantitative estimate of drug-likeness (QED) is 0.804. The van der Waals surface area contributed by atoms with Gasteiger partial charge in [0.2, 0.25) is 0 Å². The molecule has 1 heterocycles. The molecule has 84 valence electrons. The minimum absolute atomic E-state index is 0.403. The highest BCUT2D eigenvalue weighted by atomic mass is 15.3. The summed E-state index contributed by atoms with van der Waals surface area (Å²) in [6.45, 7) is 7.57. The van der Waals surface area contributed by atoms with Crippen molar-refractivity contribution in [2.75, 3.05) is 0 Å². The number of aromatic nitrogens is 2. The zero-order valence-electron chi connectivity index (χ0n) is 9.95. The molecule has 1 aliphatic carbocycles. The third-order valence-corrected chi connectivity index (χ3v) is 3.40. The molecular weight excluding hydrogens is 186 g/mol. The predicted octanol–water partition coefficient (Wildman–Crippen LogP) is 2.50. The van der Waals surface area contributed by atoms with Crippen LogP contribution in [0.1, 0.15) is 51.8 Å².